The number of aromatic nitrogens is 3. The third-order valence-electron chi connectivity index (χ3n) is 2.83. The van der Waals surface area contributed by atoms with Crippen molar-refractivity contribution < 1.29 is 4.74 Å². The Bertz CT molecular complexity index is 319. The standard InChI is InChI=1S/C11H21N5O/c1-2-17-9-4-10-13-11(15-14-10)16-7-3-5-12-6-8-16/h12H,2-9H2,1H3,(H,13,14,15). The van der Waals surface area contributed by atoms with Gasteiger partial charge in [-0.2, -0.15) is 4.98 Å². The highest BCUT2D eigenvalue weighted by Gasteiger charge is 2.13. The molecule has 0 amide bonds. The van der Waals surface area contributed by atoms with Crippen molar-refractivity contribution in [3.63, 3.8) is 0 Å². The van der Waals surface area contributed by atoms with Gasteiger partial charge in [0.15, 0.2) is 0 Å². The molecule has 2 N–H and O–H groups in total. The minimum atomic E-state index is 0.701. The average Bonchev–Trinajstić information content (AvgIpc) is 2.64. The Balaban J connectivity index is 1.87. The number of ether oxygens (including phenoxy) is 1. The first-order valence-electron chi connectivity index (χ1n) is 6.35. The van der Waals surface area contributed by atoms with Crippen LogP contribution < -0.4 is 10.2 Å². The van der Waals surface area contributed by atoms with E-state index >= 15 is 0 Å². The first-order valence-corrected chi connectivity index (χ1v) is 6.35. The van der Waals surface area contributed by atoms with E-state index in [2.05, 4.69) is 25.4 Å². The van der Waals surface area contributed by atoms with Crippen LogP contribution in [0.4, 0.5) is 5.95 Å². The van der Waals surface area contributed by atoms with E-state index < -0.39 is 0 Å². The number of hydrogen-bond acceptors (Lipinski definition) is 5. The first-order chi connectivity index (χ1) is 8.40. The monoisotopic (exact) mass is 239 g/mol. The lowest BCUT2D eigenvalue weighted by Gasteiger charge is -2.16. The number of hydrogen-bond donors (Lipinski definition) is 2. The molecule has 96 valence electrons. The third-order valence-corrected chi connectivity index (χ3v) is 2.83. The normalized spacial score (nSPS) is 17.1. The van der Waals surface area contributed by atoms with Crippen molar-refractivity contribution in [2.75, 3.05) is 44.3 Å². The Morgan fingerprint density at radius 1 is 1.35 bits per heavy atom. The Morgan fingerprint density at radius 3 is 3.18 bits per heavy atom. The van der Waals surface area contributed by atoms with Crippen molar-refractivity contribution in [3.05, 3.63) is 5.82 Å². The molecule has 17 heavy (non-hydrogen) atoms. The van der Waals surface area contributed by atoms with Gasteiger partial charge in [-0.3, -0.25) is 5.10 Å². The molecule has 1 aromatic heterocycles. The highest BCUT2D eigenvalue weighted by atomic mass is 16.5. The zero-order valence-corrected chi connectivity index (χ0v) is 10.4. The fourth-order valence-corrected chi connectivity index (χ4v) is 1.90. The first kappa shape index (κ1) is 12.3. The summed E-state index contributed by atoms with van der Waals surface area (Å²) in [5.74, 6) is 1.73. The fourth-order valence-electron chi connectivity index (χ4n) is 1.90. The number of H-pyrrole nitrogens is 1. The molecule has 1 aromatic rings. The van der Waals surface area contributed by atoms with Crippen molar-refractivity contribution in [3.8, 4) is 0 Å². The van der Waals surface area contributed by atoms with E-state index in [9.17, 15) is 0 Å². The number of rotatable bonds is 5. The zero-order valence-electron chi connectivity index (χ0n) is 10.4. The van der Waals surface area contributed by atoms with E-state index in [1.54, 1.807) is 0 Å². The number of nitrogens with zero attached hydrogens (tertiary/aromatic N) is 3. The van der Waals surface area contributed by atoms with E-state index in [4.69, 9.17) is 4.74 Å². The van der Waals surface area contributed by atoms with E-state index in [1.165, 1.54) is 0 Å². The smallest absolute Gasteiger partial charge is 0.244 e. The van der Waals surface area contributed by atoms with Gasteiger partial charge >= 0.3 is 0 Å². The summed E-state index contributed by atoms with van der Waals surface area (Å²) in [4.78, 5) is 6.72. The average molecular weight is 239 g/mol. The van der Waals surface area contributed by atoms with Gasteiger partial charge in [-0.15, -0.1) is 5.10 Å². The molecular weight excluding hydrogens is 218 g/mol. The second-order valence-corrected chi connectivity index (χ2v) is 4.12. The lowest BCUT2D eigenvalue weighted by atomic mass is 10.4. The molecule has 1 aliphatic heterocycles. The molecule has 0 spiro atoms. The van der Waals surface area contributed by atoms with Crippen LogP contribution in [-0.4, -0.2) is 54.6 Å². The van der Waals surface area contributed by atoms with Gasteiger partial charge in [0, 0.05) is 32.7 Å². The van der Waals surface area contributed by atoms with Crippen molar-refractivity contribution in [2.24, 2.45) is 0 Å². The van der Waals surface area contributed by atoms with Crippen LogP contribution in [0.25, 0.3) is 0 Å². The van der Waals surface area contributed by atoms with Crippen LogP contribution >= 0.6 is 0 Å². The summed E-state index contributed by atoms with van der Waals surface area (Å²) in [5.41, 5.74) is 0. The summed E-state index contributed by atoms with van der Waals surface area (Å²) in [6.07, 6.45) is 1.94. The topological polar surface area (TPSA) is 66.1 Å². The van der Waals surface area contributed by atoms with Crippen molar-refractivity contribution in [1.29, 1.82) is 0 Å². The summed E-state index contributed by atoms with van der Waals surface area (Å²) in [5, 5.41) is 10.6. The minimum Gasteiger partial charge on any atom is -0.381 e. The van der Waals surface area contributed by atoms with Crippen LogP contribution in [0.15, 0.2) is 0 Å². The van der Waals surface area contributed by atoms with Crippen molar-refractivity contribution in [1.82, 2.24) is 20.5 Å². The second-order valence-electron chi connectivity index (χ2n) is 4.12. The minimum absolute atomic E-state index is 0.701. The molecule has 0 atom stereocenters. The van der Waals surface area contributed by atoms with Crippen LogP contribution in [0.5, 0.6) is 0 Å². The SMILES string of the molecule is CCOCCc1nc(N2CCCNCC2)n[nH]1. The Morgan fingerprint density at radius 2 is 2.29 bits per heavy atom. The Hall–Kier alpha value is -1.14. The molecule has 6 heteroatoms. The highest BCUT2D eigenvalue weighted by molar-refractivity contribution is 5.28. The molecule has 0 aliphatic carbocycles. The maximum atomic E-state index is 5.30. The fraction of sp³-hybridized carbons (Fsp3) is 0.818. The van der Waals surface area contributed by atoms with E-state index in [0.29, 0.717) is 6.61 Å². The van der Waals surface area contributed by atoms with Gasteiger partial charge in [0.2, 0.25) is 5.95 Å². The molecule has 0 bridgehead atoms. The van der Waals surface area contributed by atoms with Gasteiger partial charge < -0.3 is 15.0 Å². The van der Waals surface area contributed by atoms with Gasteiger partial charge in [0.05, 0.1) is 6.61 Å². The molecule has 2 rings (SSSR count). The van der Waals surface area contributed by atoms with E-state index in [1.807, 2.05) is 6.92 Å². The van der Waals surface area contributed by atoms with Gasteiger partial charge in [0.1, 0.15) is 5.82 Å². The molecule has 1 saturated heterocycles. The summed E-state index contributed by atoms with van der Waals surface area (Å²) in [7, 11) is 0. The molecule has 0 saturated carbocycles. The maximum Gasteiger partial charge on any atom is 0.244 e. The lowest BCUT2D eigenvalue weighted by Crippen LogP contribution is -2.28. The van der Waals surface area contributed by atoms with Crippen LogP contribution in [0.1, 0.15) is 19.2 Å². The van der Waals surface area contributed by atoms with Crippen LogP contribution in [0.3, 0.4) is 0 Å². The maximum absolute atomic E-state index is 5.30. The zero-order chi connectivity index (χ0) is 11.9. The molecule has 0 unspecified atom stereocenters. The van der Waals surface area contributed by atoms with Gasteiger partial charge in [-0.1, -0.05) is 0 Å². The van der Waals surface area contributed by atoms with Gasteiger partial charge in [-0.25, -0.2) is 0 Å². The molecular formula is C11H21N5O. The summed E-state index contributed by atoms with van der Waals surface area (Å²) in [6, 6.07) is 0. The number of aromatic amines is 1. The van der Waals surface area contributed by atoms with E-state index in [0.717, 1.165) is 57.4 Å². The number of anilines is 1. The van der Waals surface area contributed by atoms with Crippen LogP contribution in [0, 0.1) is 0 Å². The van der Waals surface area contributed by atoms with Crippen molar-refractivity contribution in [2.45, 2.75) is 19.8 Å². The Kier molecular flexibility index (Phi) is 4.75. The predicted octanol–water partition coefficient (Wildman–Crippen LogP) is 0.183. The molecule has 1 fully saturated rings. The lowest BCUT2D eigenvalue weighted by molar-refractivity contribution is 0.149. The van der Waals surface area contributed by atoms with Crippen molar-refractivity contribution >= 4 is 5.95 Å². The summed E-state index contributed by atoms with van der Waals surface area (Å²) in [6.45, 7) is 7.53. The largest absolute Gasteiger partial charge is 0.381 e. The predicted molar refractivity (Wildman–Crippen MR) is 66.3 cm³/mol. The second kappa shape index (κ2) is 6.56. The number of nitrogens with one attached hydrogen (secondary N) is 2. The molecule has 2 heterocycles. The molecule has 0 aromatic carbocycles. The third kappa shape index (κ3) is 3.67. The summed E-state index contributed by atoms with van der Waals surface area (Å²) >= 11 is 0. The van der Waals surface area contributed by atoms with Gasteiger partial charge in [-0.05, 0) is 19.9 Å². The molecule has 0 radical (unpaired) electrons. The van der Waals surface area contributed by atoms with Crippen LogP contribution in [-0.2, 0) is 11.2 Å². The Labute approximate surface area is 102 Å². The quantitative estimate of drug-likeness (QED) is 0.718. The van der Waals surface area contributed by atoms with Crippen LogP contribution in [0.2, 0.25) is 0 Å². The van der Waals surface area contributed by atoms with E-state index in [-0.39, 0.29) is 0 Å². The summed E-state index contributed by atoms with van der Waals surface area (Å²) < 4.78 is 5.30. The van der Waals surface area contributed by atoms with Gasteiger partial charge in [0.25, 0.3) is 0 Å². The molecule has 1 aliphatic rings. The molecule has 6 nitrogen and oxygen atoms in total. The highest BCUT2D eigenvalue weighted by Crippen LogP contribution is 2.08.